The minimum absolute atomic E-state index is 0.237. The lowest BCUT2D eigenvalue weighted by molar-refractivity contribution is 0.571. The van der Waals surface area contributed by atoms with Crippen molar-refractivity contribution in [2.45, 2.75) is 26.2 Å². The first-order valence-corrected chi connectivity index (χ1v) is 7.51. The van der Waals surface area contributed by atoms with Gasteiger partial charge in [0.05, 0.1) is 25.9 Å². The van der Waals surface area contributed by atoms with Crippen LogP contribution in [-0.4, -0.2) is 19.9 Å². The fourth-order valence-corrected chi connectivity index (χ4v) is 2.23. The second-order valence-electron chi connectivity index (χ2n) is 6.38. The van der Waals surface area contributed by atoms with Crippen molar-refractivity contribution in [2.75, 3.05) is 0 Å². The zero-order valence-electron chi connectivity index (χ0n) is 19.9. The van der Waals surface area contributed by atoms with E-state index in [1.165, 1.54) is 6.33 Å². The average molecular weight is 342 g/mol. The minimum Gasteiger partial charge on any atom is -0.345 e. The number of H-pyrrole nitrogens is 3. The molecule has 0 fully saturated rings. The van der Waals surface area contributed by atoms with Crippen molar-refractivity contribution in [2.24, 2.45) is 0 Å². The summed E-state index contributed by atoms with van der Waals surface area (Å²) in [5.41, 5.74) is -1.38. The van der Waals surface area contributed by atoms with Crippen LogP contribution in [0.25, 0.3) is 12.1 Å². The van der Waals surface area contributed by atoms with Crippen molar-refractivity contribution >= 4 is 12.1 Å². The second kappa shape index (κ2) is 6.39. The van der Waals surface area contributed by atoms with E-state index in [0.29, 0.717) is 5.69 Å². The van der Waals surface area contributed by atoms with Crippen LogP contribution in [0.1, 0.15) is 45.9 Å². The van der Waals surface area contributed by atoms with E-state index in [1.54, 1.807) is 0 Å². The predicted molar refractivity (Wildman–Crippen MR) is 97.8 cm³/mol. The molecule has 2 aromatic heterocycles. The summed E-state index contributed by atoms with van der Waals surface area (Å²) in [6.45, 7) is 5.68. The van der Waals surface area contributed by atoms with Gasteiger partial charge in [-0.3, -0.25) is 9.59 Å². The van der Waals surface area contributed by atoms with Gasteiger partial charge < -0.3 is 15.0 Å². The zero-order chi connectivity index (χ0) is 23.2. The fraction of sp³-hybridized carbons (Fsp3) is 0.211. The molecule has 0 bridgehead atoms. The van der Waals surface area contributed by atoms with Gasteiger partial charge in [-0.1, -0.05) is 51.0 Å². The second-order valence-corrected chi connectivity index (χ2v) is 6.38. The van der Waals surface area contributed by atoms with Crippen LogP contribution < -0.4 is 21.8 Å². The summed E-state index contributed by atoms with van der Waals surface area (Å²) in [4.78, 5) is 36.9. The highest BCUT2D eigenvalue weighted by atomic mass is 16.1. The lowest BCUT2D eigenvalue weighted by Crippen LogP contribution is -2.46. The molecule has 3 rings (SSSR count). The first kappa shape index (κ1) is 10.7. The fourth-order valence-electron chi connectivity index (χ4n) is 2.23. The van der Waals surface area contributed by atoms with Gasteiger partial charge in [-0.05, 0) is 17.7 Å². The van der Waals surface area contributed by atoms with E-state index in [1.807, 2.05) is 20.8 Å². The van der Waals surface area contributed by atoms with Gasteiger partial charge in [0, 0.05) is 5.41 Å². The number of nitrogens with one attached hydrogen (secondary N) is 3. The standard InChI is InChI=1S/C19H20N4O2/c1-19(2,3)16-13(20-11-21-16)10-15-18(25)22-14(17(24)23-15)9-12-7-5-4-6-8-12/h4-11H,1-3H3,(H,20,21)(H,22,25)(H,23,24)/b14-9-,15-10-/i4D,5D,6D,7D,8D,10D. The van der Waals surface area contributed by atoms with Gasteiger partial charge in [0.25, 0.3) is 11.1 Å². The molecule has 6 nitrogen and oxygen atoms in total. The molecule has 0 aliphatic carbocycles. The van der Waals surface area contributed by atoms with Crippen molar-refractivity contribution < 1.29 is 8.22 Å². The van der Waals surface area contributed by atoms with Crippen molar-refractivity contribution in [3.63, 3.8) is 0 Å². The summed E-state index contributed by atoms with van der Waals surface area (Å²) in [6, 6.07) is -2.94. The van der Waals surface area contributed by atoms with Crippen LogP contribution in [0.4, 0.5) is 0 Å². The number of hydrogen-bond acceptors (Lipinski definition) is 3. The molecule has 0 unspecified atom stereocenters. The van der Waals surface area contributed by atoms with Gasteiger partial charge in [-0.2, -0.15) is 0 Å². The predicted octanol–water partition coefficient (Wildman–Crippen LogP) is 0.741. The maximum Gasteiger partial charge on any atom is 0.272 e. The molecule has 0 spiro atoms. The van der Waals surface area contributed by atoms with E-state index in [4.69, 9.17) is 8.22 Å². The molecule has 3 N–H and O–H groups in total. The van der Waals surface area contributed by atoms with Crippen LogP contribution in [-0.2, 0) is 5.41 Å². The van der Waals surface area contributed by atoms with Crippen LogP contribution in [0, 0.1) is 0 Å². The van der Waals surface area contributed by atoms with Gasteiger partial charge in [-0.15, -0.1) is 0 Å². The smallest absolute Gasteiger partial charge is 0.272 e. The highest BCUT2D eigenvalue weighted by Gasteiger charge is 2.19. The summed E-state index contributed by atoms with van der Waals surface area (Å²) in [7, 11) is 0. The Morgan fingerprint density at radius 2 is 1.72 bits per heavy atom. The normalized spacial score (nSPS) is 17.2. The lowest BCUT2D eigenvalue weighted by atomic mass is 9.90. The van der Waals surface area contributed by atoms with E-state index < -0.39 is 46.7 Å². The molecule has 25 heavy (non-hydrogen) atoms. The number of imidazole rings is 1. The summed E-state index contributed by atoms with van der Waals surface area (Å²) in [6.07, 6.45) is 2.42. The Balaban J connectivity index is 2.30. The molecular formula is C19H20N4O2. The largest absolute Gasteiger partial charge is 0.345 e. The van der Waals surface area contributed by atoms with Crippen LogP contribution in [0.15, 0.2) is 46.1 Å². The lowest BCUT2D eigenvalue weighted by Gasteiger charge is -2.16. The number of aromatic nitrogens is 4. The Labute approximate surface area is 152 Å². The van der Waals surface area contributed by atoms with E-state index in [0.717, 1.165) is 6.08 Å². The third kappa shape index (κ3) is 3.68. The zero-order valence-corrected chi connectivity index (χ0v) is 13.9. The molecule has 3 aromatic rings. The number of benzene rings is 1. The number of rotatable bonds is 2. The minimum atomic E-state index is -0.789. The molecule has 0 amide bonds. The summed E-state index contributed by atoms with van der Waals surface area (Å²) in [5, 5.41) is -0.598. The molecule has 0 aliphatic heterocycles. The van der Waals surface area contributed by atoms with Gasteiger partial charge in [-0.25, -0.2) is 4.98 Å². The van der Waals surface area contributed by atoms with Crippen molar-refractivity contribution in [3.05, 3.63) is 84.9 Å². The van der Waals surface area contributed by atoms with Crippen LogP contribution in [0.2, 0.25) is 0 Å². The SMILES string of the molecule is [2H]/C(c1[nH]cnc1C(C)(C)C)=c1/[nH]c(=O)/c(=C/c2c([2H])c([2H])c([2H])c([2H])c2[2H])[nH]c1=O. The molecular weight excluding hydrogens is 316 g/mol. The molecule has 0 atom stereocenters. The summed E-state index contributed by atoms with van der Waals surface area (Å²) in [5.74, 6) is 0. The Bertz CT molecular complexity index is 1400. The van der Waals surface area contributed by atoms with Gasteiger partial charge in [0.1, 0.15) is 10.7 Å². The molecule has 128 valence electrons. The van der Waals surface area contributed by atoms with Gasteiger partial charge >= 0.3 is 0 Å². The monoisotopic (exact) mass is 342 g/mol. The Kier molecular flexibility index (Phi) is 2.73. The van der Waals surface area contributed by atoms with E-state index in [-0.39, 0.29) is 28.0 Å². The van der Waals surface area contributed by atoms with E-state index in [2.05, 4.69) is 19.9 Å². The average Bonchev–Trinajstić information content (AvgIpc) is 3.20. The third-order valence-electron chi connectivity index (χ3n) is 3.37. The van der Waals surface area contributed by atoms with E-state index >= 15 is 0 Å². The van der Waals surface area contributed by atoms with Crippen LogP contribution in [0.3, 0.4) is 0 Å². The molecule has 0 aliphatic rings. The first-order chi connectivity index (χ1) is 14.3. The third-order valence-corrected chi connectivity index (χ3v) is 3.37. The van der Waals surface area contributed by atoms with Gasteiger partial charge in [0.2, 0.25) is 0 Å². The summed E-state index contributed by atoms with van der Waals surface area (Å²) < 4.78 is 47.3. The maximum atomic E-state index is 12.6. The highest BCUT2D eigenvalue weighted by Crippen LogP contribution is 2.22. The molecule has 6 heteroatoms. The van der Waals surface area contributed by atoms with Gasteiger partial charge in [0.15, 0.2) is 0 Å². The van der Waals surface area contributed by atoms with Crippen molar-refractivity contribution in [3.8, 4) is 0 Å². The number of nitrogens with zero attached hydrogens (tertiary/aromatic N) is 1. The Morgan fingerprint density at radius 3 is 2.40 bits per heavy atom. The quantitative estimate of drug-likeness (QED) is 0.641. The Morgan fingerprint density at radius 1 is 1.08 bits per heavy atom. The highest BCUT2D eigenvalue weighted by molar-refractivity contribution is 5.49. The number of aromatic amines is 3. The first-order valence-electron chi connectivity index (χ1n) is 10.5. The van der Waals surface area contributed by atoms with Crippen molar-refractivity contribution in [1.29, 1.82) is 0 Å². The topological polar surface area (TPSA) is 94.4 Å². The molecule has 0 radical (unpaired) electrons. The van der Waals surface area contributed by atoms with Crippen LogP contribution in [0.5, 0.6) is 0 Å². The maximum absolute atomic E-state index is 12.6. The number of hydrogen-bond donors (Lipinski definition) is 3. The molecule has 2 heterocycles. The molecule has 1 aromatic carbocycles. The summed E-state index contributed by atoms with van der Waals surface area (Å²) >= 11 is 0. The molecule has 0 saturated heterocycles. The van der Waals surface area contributed by atoms with Crippen LogP contribution >= 0.6 is 0 Å². The van der Waals surface area contributed by atoms with Crippen molar-refractivity contribution in [1.82, 2.24) is 19.9 Å². The Hall–Kier alpha value is -3.15. The molecule has 0 saturated carbocycles. The van der Waals surface area contributed by atoms with E-state index in [9.17, 15) is 9.59 Å².